The zero-order chi connectivity index (χ0) is 20.3. The first-order valence-electron chi connectivity index (χ1n) is 8.34. The Morgan fingerprint density at radius 3 is 2.29 bits per heavy atom. The molecule has 0 bridgehead atoms. The van der Waals surface area contributed by atoms with Crippen LogP contribution in [0.2, 0.25) is 5.02 Å². The van der Waals surface area contributed by atoms with Crippen molar-refractivity contribution in [3.8, 4) is 0 Å². The Morgan fingerprint density at radius 2 is 1.71 bits per heavy atom. The highest BCUT2D eigenvalue weighted by molar-refractivity contribution is 7.92. The molecule has 0 aliphatic carbocycles. The van der Waals surface area contributed by atoms with Crippen LogP contribution in [-0.2, 0) is 21.2 Å². The molecule has 2 aromatic carbocycles. The van der Waals surface area contributed by atoms with Gasteiger partial charge in [0, 0.05) is 16.3 Å². The third kappa shape index (κ3) is 4.71. The zero-order valence-corrected chi connectivity index (χ0v) is 16.8. The molecule has 2 N–H and O–H groups in total. The minimum Gasteiger partial charge on any atom is -0.337 e. The van der Waals surface area contributed by atoms with E-state index in [0.717, 1.165) is 5.56 Å². The molecule has 0 aliphatic rings. The number of halogens is 1. The molecule has 0 saturated heterocycles. The van der Waals surface area contributed by atoms with Crippen LogP contribution in [0.1, 0.15) is 16.8 Å². The van der Waals surface area contributed by atoms with Gasteiger partial charge in [-0.3, -0.25) is 4.79 Å². The van der Waals surface area contributed by atoms with Gasteiger partial charge in [0.15, 0.2) is 0 Å². The largest absolute Gasteiger partial charge is 0.337 e. The predicted molar refractivity (Wildman–Crippen MR) is 107 cm³/mol. The first kappa shape index (κ1) is 19.9. The van der Waals surface area contributed by atoms with E-state index in [1.807, 2.05) is 0 Å². The standard InChI is InChI=1S/C19H18ClN3O4S/c1-12-13(2)22-27-19(12)23-28(25,26)17-9-7-16(8-10-17)21-18(24)11-14-3-5-15(20)6-4-14/h3-10,23H,11H2,1-2H3,(H,21,24). The van der Waals surface area contributed by atoms with E-state index in [9.17, 15) is 13.2 Å². The second-order valence-electron chi connectivity index (χ2n) is 6.20. The number of hydrogen-bond acceptors (Lipinski definition) is 5. The summed E-state index contributed by atoms with van der Waals surface area (Å²) >= 11 is 5.83. The van der Waals surface area contributed by atoms with E-state index < -0.39 is 10.0 Å². The van der Waals surface area contributed by atoms with Gasteiger partial charge in [0.05, 0.1) is 17.0 Å². The number of aromatic nitrogens is 1. The van der Waals surface area contributed by atoms with E-state index in [2.05, 4.69) is 15.2 Å². The summed E-state index contributed by atoms with van der Waals surface area (Å²) in [7, 11) is -3.83. The van der Waals surface area contributed by atoms with Crippen LogP contribution in [0, 0.1) is 13.8 Å². The molecule has 9 heteroatoms. The molecule has 0 radical (unpaired) electrons. The molecule has 7 nitrogen and oxygen atoms in total. The third-order valence-corrected chi connectivity index (χ3v) is 5.71. The summed E-state index contributed by atoms with van der Waals surface area (Å²) in [6.45, 7) is 3.43. The molecular weight excluding hydrogens is 402 g/mol. The Labute approximate surface area is 167 Å². The van der Waals surface area contributed by atoms with Gasteiger partial charge in [0.1, 0.15) is 0 Å². The number of rotatable bonds is 6. The topological polar surface area (TPSA) is 101 Å². The van der Waals surface area contributed by atoms with Crippen LogP contribution in [0.4, 0.5) is 11.6 Å². The van der Waals surface area contributed by atoms with Gasteiger partial charge < -0.3 is 9.84 Å². The maximum Gasteiger partial charge on any atom is 0.264 e. The number of sulfonamides is 1. The molecule has 0 saturated carbocycles. The summed E-state index contributed by atoms with van der Waals surface area (Å²) in [6.07, 6.45) is 0.183. The van der Waals surface area contributed by atoms with E-state index in [1.54, 1.807) is 38.1 Å². The number of amides is 1. The van der Waals surface area contributed by atoms with Gasteiger partial charge in [-0.25, -0.2) is 13.1 Å². The van der Waals surface area contributed by atoms with Crippen LogP contribution in [0.5, 0.6) is 0 Å². The molecule has 1 amide bonds. The molecule has 28 heavy (non-hydrogen) atoms. The molecule has 3 rings (SSSR count). The molecule has 3 aromatic rings. The van der Waals surface area contributed by atoms with Crippen LogP contribution in [0.15, 0.2) is 57.9 Å². The van der Waals surface area contributed by atoms with Crippen LogP contribution in [0.25, 0.3) is 0 Å². The number of nitrogens with zero attached hydrogens (tertiary/aromatic N) is 1. The van der Waals surface area contributed by atoms with Gasteiger partial charge in [0.25, 0.3) is 10.0 Å². The van der Waals surface area contributed by atoms with E-state index in [-0.39, 0.29) is 23.1 Å². The van der Waals surface area contributed by atoms with E-state index in [4.69, 9.17) is 16.1 Å². The second kappa shape index (κ2) is 8.04. The quantitative estimate of drug-likeness (QED) is 0.630. The number of carbonyl (C=O) groups is 1. The van der Waals surface area contributed by atoms with Gasteiger partial charge in [-0.2, -0.15) is 0 Å². The Hall–Kier alpha value is -2.84. The number of anilines is 2. The lowest BCUT2D eigenvalue weighted by Crippen LogP contribution is -2.15. The highest BCUT2D eigenvalue weighted by Crippen LogP contribution is 2.22. The normalized spacial score (nSPS) is 11.2. The first-order chi connectivity index (χ1) is 13.2. The summed E-state index contributed by atoms with van der Waals surface area (Å²) in [5, 5.41) is 7.06. The van der Waals surface area contributed by atoms with Crippen molar-refractivity contribution >= 4 is 39.1 Å². The maximum absolute atomic E-state index is 12.5. The molecule has 0 aliphatic heterocycles. The molecule has 0 fully saturated rings. The van der Waals surface area contributed by atoms with Crippen LogP contribution in [0.3, 0.4) is 0 Å². The highest BCUT2D eigenvalue weighted by atomic mass is 35.5. The van der Waals surface area contributed by atoms with Crippen molar-refractivity contribution in [2.45, 2.75) is 25.2 Å². The van der Waals surface area contributed by atoms with Gasteiger partial charge >= 0.3 is 0 Å². The molecule has 1 aromatic heterocycles. The molecule has 1 heterocycles. The van der Waals surface area contributed by atoms with Crippen molar-refractivity contribution in [2.24, 2.45) is 0 Å². The van der Waals surface area contributed by atoms with Gasteiger partial charge in [-0.05, 0) is 55.8 Å². The Kier molecular flexibility index (Phi) is 5.71. The van der Waals surface area contributed by atoms with Gasteiger partial charge in [0.2, 0.25) is 11.8 Å². The maximum atomic E-state index is 12.5. The fraction of sp³-hybridized carbons (Fsp3) is 0.158. The number of nitrogens with one attached hydrogen (secondary N) is 2. The smallest absolute Gasteiger partial charge is 0.264 e. The number of benzene rings is 2. The van der Waals surface area contributed by atoms with Crippen molar-refractivity contribution in [1.29, 1.82) is 0 Å². The lowest BCUT2D eigenvalue weighted by Gasteiger charge is -2.08. The van der Waals surface area contributed by atoms with Crippen molar-refractivity contribution in [2.75, 3.05) is 10.0 Å². The Balaban J connectivity index is 1.66. The SMILES string of the molecule is Cc1noc(NS(=O)(=O)c2ccc(NC(=O)Cc3ccc(Cl)cc3)cc2)c1C. The van der Waals surface area contributed by atoms with Crippen molar-refractivity contribution < 1.29 is 17.7 Å². The summed E-state index contributed by atoms with van der Waals surface area (Å²) in [5.41, 5.74) is 2.54. The second-order valence-corrected chi connectivity index (χ2v) is 8.32. The average Bonchev–Trinajstić information content (AvgIpc) is 2.96. The van der Waals surface area contributed by atoms with Crippen molar-refractivity contribution in [3.63, 3.8) is 0 Å². The molecule has 0 atom stereocenters. The minimum atomic E-state index is -3.83. The lowest BCUT2D eigenvalue weighted by atomic mass is 10.1. The molecular formula is C19H18ClN3O4S. The van der Waals surface area contributed by atoms with Crippen LogP contribution < -0.4 is 10.0 Å². The Morgan fingerprint density at radius 1 is 1.07 bits per heavy atom. The first-order valence-corrected chi connectivity index (χ1v) is 10.2. The zero-order valence-electron chi connectivity index (χ0n) is 15.2. The summed E-state index contributed by atoms with van der Waals surface area (Å²) in [4.78, 5) is 12.2. The van der Waals surface area contributed by atoms with E-state index in [1.165, 1.54) is 24.3 Å². The number of carbonyl (C=O) groups excluding carboxylic acids is 1. The lowest BCUT2D eigenvalue weighted by molar-refractivity contribution is -0.115. The summed E-state index contributed by atoms with van der Waals surface area (Å²) in [6, 6.07) is 12.8. The number of hydrogen-bond donors (Lipinski definition) is 2. The minimum absolute atomic E-state index is 0.0386. The van der Waals surface area contributed by atoms with Gasteiger partial charge in [-0.1, -0.05) is 28.9 Å². The fourth-order valence-corrected chi connectivity index (χ4v) is 3.57. The molecule has 0 spiro atoms. The average molecular weight is 420 g/mol. The monoisotopic (exact) mass is 419 g/mol. The predicted octanol–water partition coefficient (Wildman–Crippen LogP) is 3.93. The van der Waals surface area contributed by atoms with Crippen molar-refractivity contribution in [3.05, 3.63) is 70.4 Å². The van der Waals surface area contributed by atoms with Crippen LogP contribution >= 0.6 is 11.6 Å². The number of aryl methyl sites for hydroxylation is 1. The third-order valence-electron chi connectivity index (χ3n) is 4.11. The molecule has 0 unspecified atom stereocenters. The highest BCUT2D eigenvalue weighted by Gasteiger charge is 2.19. The van der Waals surface area contributed by atoms with Crippen LogP contribution in [-0.4, -0.2) is 19.5 Å². The fourth-order valence-electron chi connectivity index (χ4n) is 2.40. The van der Waals surface area contributed by atoms with E-state index in [0.29, 0.717) is 22.0 Å². The summed E-state index contributed by atoms with van der Waals surface area (Å²) in [5.74, 6) is -0.137. The van der Waals surface area contributed by atoms with E-state index >= 15 is 0 Å². The van der Waals surface area contributed by atoms with Crippen molar-refractivity contribution in [1.82, 2.24) is 5.16 Å². The Bertz CT molecular complexity index is 1090. The summed E-state index contributed by atoms with van der Waals surface area (Å²) < 4.78 is 32.3. The molecule has 146 valence electrons. The van der Waals surface area contributed by atoms with Gasteiger partial charge in [-0.15, -0.1) is 0 Å².